The first-order valence-corrected chi connectivity index (χ1v) is 10.8. The number of hydrogen-bond donors (Lipinski definition) is 1. The van der Waals surface area contributed by atoms with Gasteiger partial charge in [0.05, 0.1) is 12.0 Å². The number of fused-ring (bicyclic) bond motifs is 1. The van der Waals surface area contributed by atoms with Crippen molar-refractivity contribution in [1.82, 2.24) is 0 Å². The molecular formula is C25H24FNO6. The highest BCUT2D eigenvalue weighted by Crippen LogP contribution is 2.42. The highest BCUT2D eigenvalue weighted by atomic mass is 19.1. The SMILES string of the molecule is CCOC(=O)Nc1ccc2c(COC(=O)C3(c4cccc(F)c4)CCCC3)cc(=O)oc2c1. The summed E-state index contributed by atoms with van der Waals surface area (Å²) in [4.78, 5) is 37.0. The van der Waals surface area contributed by atoms with Gasteiger partial charge >= 0.3 is 17.7 Å². The first kappa shape index (κ1) is 22.5. The molecule has 0 radical (unpaired) electrons. The largest absolute Gasteiger partial charge is 0.460 e. The average Bonchev–Trinajstić information content (AvgIpc) is 3.28. The Morgan fingerprint density at radius 1 is 1.09 bits per heavy atom. The molecule has 0 saturated heterocycles. The van der Waals surface area contributed by atoms with Crippen molar-refractivity contribution in [2.24, 2.45) is 0 Å². The Morgan fingerprint density at radius 3 is 2.61 bits per heavy atom. The third-order valence-electron chi connectivity index (χ3n) is 5.94. The lowest BCUT2D eigenvalue weighted by molar-refractivity contribution is -0.152. The zero-order chi connectivity index (χ0) is 23.4. The van der Waals surface area contributed by atoms with Crippen LogP contribution in [0, 0.1) is 5.82 Å². The third kappa shape index (κ3) is 4.74. The molecule has 1 aliphatic carbocycles. The summed E-state index contributed by atoms with van der Waals surface area (Å²) >= 11 is 0. The van der Waals surface area contributed by atoms with Gasteiger partial charge in [-0.1, -0.05) is 25.0 Å². The van der Waals surface area contributed by atoms with Crippen LogP contribution in [0.25, 0.3) is 11.0 Å². The van der Waals surface area contributed by atoms with Gasteiger partial charge in [-0.2, -0.15) is 0 Å². The lowest BCUT2D eigenvalue weighted by Crippen LogP contribution is -2.34. The first-order chi connectivity index (χ1) is 15.9. The molecule has 2 aromatic carbocycles. The van der Waals surface area contributed by atoms with E-state index in [1.807, 2.05) is 0 Å². The topological polar surface area (TPSA) is 94.8 Å². The second-order valence-corrected chi connectivity index (χ2v) is 8.02. The Balaban J connectivity index is 1.57. The molecule has 33 heavy (non-hydrogen) atoms. The summed E-state index contributed by atoms with van der Waals surface area (Å²) in [6.45, 7) is 1.78. The van der Waals surface area contributed by atoms with Gasteiger partial charge in [0.2, 0.25) is 0 Å². The predicted octanol–water partition coefficient (Wildman–Crippen LogP) is 5.06. The minimum atomic E-state index is -0.895. The smallest absolute Gasteiger partial charge is 0.411 e. The van der Waals surface area contributed by atoms with Crippen molar-refractivity contribution in [3.8, 4) is 0 Å². The molecule has 1 amide bonds. The number of nitrogens with one attached hydrogen (secondary N) is 1. The van der Waals surface area contributed by atoms with Crippen LogP contribution in [0.15, 0.2) is 57.7 Å². The Hall–Kier alpha value is -3.68. The minimum absolute atomic E-state index is 0.136. The molecule has 8 heteroatoms. The van der Waals surface area contributed by atoms with Crippen LogP contribution < -0.4 is 10.9 Å². The molecule has 172 valence electrons. The van der Waals surface area contributed by atoms with Crippen molar-refractivity contribution in [1.29, 1.82) is 0 Å². The number of esters is 1. The Bertz CT molecular complexity index is 1250. The van der Waals surface area contributed by atoms with Gasteiger partial charge in [-0.05, 0) is 49.6 Å². The summed E-state index contributed by atoms with van der Waals surface area (Å²) < 4.78 is 29.6. The van der Waals surface area contributed by atoms with E-state index in [0.717, 1.165) is 12.8 Å². The highest BCUT2D eigenvalue weighted by Gasteiger charge is 2.44. The summed E-state index contributed by atoms with van der Waals surface area (Å²) in [7, 11) is 0. The summed E-state index contributed by atoms with van der Waals surface area (Å²) in [5.41, 5.74) is 0.218. The van der Waals surface area contributed by atoms with Gasteiger partial charge in [0.1, 0.15) is 18.0 Å². The minimum Gasteiger partial charge on any atom is -0.460 e. The van der Waals surface area contributed by atoms with Crippen LogP contribution >= 0.6 is 0 Å². The van der Waals surface area contributed by atoms with Crippen LogP contribution in [0.1, 0.15) is 43.7 Å². The van der Waals surface area contributed by atoms with Crippen LogP contribution in [0.5, 0.6) is 0 Å². The number of anilines is 1. The van der Waals surface area contributed by atoms with Crippen LogP contribution in [0.3, 0.4) is 0 Å². The van der Waals surface area contributed by atoms with E-state index in [1.54, 1.807) is 31.2 Å². The van der Waals surface area contributed by atoms with Crippen molar-refractivity contribution in [2.45, 2.75) is 44.6 Å². The lowest BCUT2D eigenvalue weighted by atomic mass is 9.79. The maximum absolute atomic E-state index is 13.8. The molecular weight excluding hydrogens is 429 g/mol. The summed E-state index contributed by atoms with van der Waals surface area (Å²) in [6.07, 6.45) is 2.23. The molecule has 0 aliphatic heterocycles. The van der Waals surface area contributed by atoms with Crippen LogP contribution in [0.4, 0.5) is 14.9 Å². The van der Waals surface area contributed by atoms with Crippen LogP contribution in [-0.2, 0) is 26.3 Å². The maximum Gasteiger partial charge on any atom is 0.411 e. The van der Waals surface area contributed by atoms with Crippen molar-refractivity contribution in [3.63, 3.8) is 0 Å². The molecule has 1 aliphatic rings. The number of carbonyl (C=O) groups excluding carboxylic acids is 2. The molecule has 0 unspecified atom stereocenters. The third-order valence-corrected chi connectivity index (χ3v) is 5.94. The molecule has 1 heterocycles. The van der Waals surface area contributed by atoms with E-state index in [2.05, 4.69) is 5.32 Å². The number of hydrogen-bond acceptors (Lipinski definition) is 6. The molecule has 0 bridgehead atoms. The molecule has 0 spiro atoms. The normalized spacial score (nSPS) is 14.7. The van der Waals surface area contributed by atoms with Crippen molar-refractivity contribution in [2.75, 3.05) is 11.9 Å². The van der Waals surface area contributed by atoms with Crippen molar-refractivity contribution < 1.29 is 27.9 Å². The Morgan fingerprint density at radius 2 is 1.88 bits per heavy atom. The number of benzene rings is 2. The fourth-order valence-electron chi connectivity index (χ4n) is 4.37. The molecule has 1 saturated carbocycles. The zero-order valence-electron chi connectivity index (χ0n) is 18.2. The quantitative estimate of drug-likeness (QED) is 0.414. The van der Waals surface area contributed by atoms with E-state index < -0.39 is 28.9 Å². The van der Waals surface area contributed by atoms with E-state index in [-0.39, 0.29) is 18.8 Å². The molecule has 4 rings (SSSR count). The van der Waals surface area contributed by atoms with Gasteiger partial charge in [-0.15, -0.1) is 0 Å². The molecule has 1 aromatic heterocycles. The standard InChI is InChI=1S/C25H24FNO6/c1-2-31-24(30)27-19-8-9-20-16(12-22(28)33-21(20)14-19)15-32-23(29)25(10-3-4-11-25)17-6-5-7-18(26)13-17/h5-9,12-14H,2-4,10-11,15H2,1H3,(H,27,30). The monoisotopic (exact) mass is 453 g/mol. The van der Waals surface area contributed by atoms with Gasteiger partial charge < -0.3 is 13.9 Å². The van der Waals surface area contributed by atoms with E-state index in [4.69, 9.17) is 13.9 Å². The number of rotatable bonds is 6. The van der Waals surface area contributed by atoms with Crippen molar-refractivity contribution >= 4 is 28.7 Å². The van der Waals surface area contributed by atoms with Gasteiger partial charge in [-0.3, -0.25) is 10.1 Å². The van der Waals surface area contributed by atoms with E-state index in [1.165, 1.54) is 24.3 Å². The van der Waals surface area contributed by atoms with Crippen LogP contribution in [0.2, 0.25) is 0 Å². The average molecular weight is 453 g/mol. The molecule has 1 N–H and O–H groups in total. The molecule has 3 aromatic rings. The molecule has 7 nitrogen and oxygen atoms in total. The molecule has 1 fully saturated rings. The van der Waals surface area contributed by atoms with E-state index >= 15 is 0 Å². The summed E-state index contributed by atoms with van der Waals surface area (Å²) in [6, 6.07) is 12.2. The second kappa shape index (κ2) is 9.44. The van der Waals surface area contributed by atoms with Gasteiger partial charge in [0, 0.05) is 28.8 Å². The lowest BCUT2D eigenvalue weighted by Gasteiger charge is -2.27. The number of ether oxygens (including phenoxy) is 2. The fraction of sp³-hybridized carbons (Fsp3) is 0.320. The predicted molar refractivity (Wildman–Crippen MR) is 119 cm³/mol. The number of amides is 1. The number of carbonyl (C=O) groups is 2. The Labute approximate surface area is 189 Å². The Kier molecular flexibility index (Phi) is 6.44. The van der Waals surface area contributed by atoms with E-state index in [0.29, 0.717) is 35.0 Å². The summed E-state index contributed by atoms with van der Waals surface area (Å²) in [5.74, 6) is -0.835. The van der Waals surface area contributed by atoms with E-state index in [9.17, 15) is 18.8 Å². The fourth-order valence-corrected chi connectivity index (χ4v) is 4.37. The van der Waals surface area contributed by atoms with Gasteiger partial charge in [0.25, 0.3) is 0 Å². The van der Waals surface area contributed by atoms with Gasteiger partial charge in [-0.25, -0.2) is 14.0 Å². The zero-order valence-corrected chi connectivity index (χ0v) is 18.2. The van der Waals surface area contributed by atoms with Crippen molar-refractivity contribution in [3.05, 3.63) is 75.9 Å². The molecule has 0 atom stereocenters. The second-order valence-electron chi connectivity index (χ2n) is 8.02. The summed E-state index contributed by atoms with van der Waals surface area (Å²) in [5, 5.41) is 3.12. The maximum atomic E-state index is 13.8. The number of halogens is 1. The van der Waals surface area contributed by atoms with Crippen LogP contribution in [-0.4, -0.2) is 18.7 Å². The first-order valence-electron chi connectivity index (χ1n) is 10.8. The highest BCUT2D eigenvalue weighted by molar-refractivity contribution is 5.90. The van der Waals surface area contributed by atoms with Gasteiger partial charge in [0.15, 0.2) is 0 Å².